The van der Waals surface area contributed by atoms with Crippen molar-refractivity contribution in [2.45, 2.75) is 26.2 Å². The summed E-state index contributed by atoms with van der Waals surface area (Å²) in [5, 5.41) is 1.26. The van der Waals surface area contributed by atoms with Gasteiger partial charge in [0.15, 0.2) is 0 Å². The molecule has 0 aliphatic carbocycles. The van der Waals surface area contributed by atoms with Crippen LogP contribution in [0.2, 0.25) is 0 Å². The van der Waals surface area contributed by atoms with E-state index >= 15 is 0 Å². The van der Waals surface area contributed by atoms with Gasteiger partial charge in [0, 0.05) is 34.3 Å². The van der Waals surface area contributed by atoms with Crippen LogP contribution in [0.3, 0.4) is 0 Å². The van der Waals surface area contributed by atoms with Crippen LogP contribution in [0.15, 0.2) is 24.3 Å². The standard InChI is InChI=1S/C14H18ClNO2S/c1-11-12(7-5-6-10-19(15,17)18)13-8-3-4-9-14(13)16(11)2/h3-4,8-9H,5-7,10H2,1-2H3. The van der Waals surface area contributed by atoms with E-state index in [0.29, 0.717) is 6.42 Å². The predicted molar refractivity (Wildman–Crippen MR) is 80.2 cm³/mol. The smallest absolute Gasteiger partial charge is 0.232 e. The minimum absolute atomic E-state index is 0.0539. The Kier molecular flexibility index (Phi) is 4.21. The Balaban J connectivity index is 2.15. The SMILES string of the molecule is Cc1c(CCCCS(=O)(=O)Cl)c2ccccc2n1C. The molecule has 1 aromatic heterocycles. The Morgan fingerprint density at radius 1 is 1.21 bits per heavy atom. The van der Waals surface area contributed by atoms with Crippen LogP contribution in [0.1, 0.15) is 24.1 Å². The van der Waals surface area contributed by atoms with E-state index in [1.54, 1.807) is 0 Å². The second-order valence-electron chi connectivity index (χ2n) is 4.84. The molecule has 3 nitrogen and oxygen atoms in total. The third-order valence-electron chi connectivity index (χ3n) is 3.60. The highest BCUT2D eigenvalue weighted by Gasteiger charge is 2.11. The molecule has 0 N–H and O–H groups in total. The highest BCUT2D eigenvalue weighted by molar-refractivity contribution is 8.13. The zero-order valence-corrected chi connectivity index (χ0v) is 12.8. The first kappa shape index (κ1) is 14.4. The van der Waals surface area contributed by atoms with Crippen LogP contribution in [0, 0.1) is 6.92 Å². The average molecular weight is 300 g/mol. The first-order valence-corrected chi connectivity index (χ1v) is 8.83. The fraction of sp³-hybridized carbons (Fsp3) is 0.429. The molecule has 0 saturated carbocycles. The number of hydrogen-bond acceptors (Lipinski definition) is 2. The van der Waals surface area contributed by atoms with E-state index in [1.807, 2.05) is 12.1 Å². The van der Waals surface area contributed by atoms with Crippen LogP contribution in [-0.4, -0.2) is 18.7 Å². The number of para-hydroxylation sites is 1. The highest BCUT2D eigenvalue weighted by atomic mass is 35.7. The van der Waals surface area contributed by atoms with Gasteiger partial charge >= 0.3 is 0 Å². The summed E-state index contributed by atoms with van der Waals surface area (Å²) >= 11 is 0. The maximum Gasteiger partial charge on any atom is 0.232 e. The maximum absolute atomic E-state index is 10.9. The second-order valence-corrected chi connectivity index (χ2v) is 7.74. The quantitative estimate of drug-likeness (QED) is 0.627. The van der Waals surface area contributed by atoms with Gasteiger partial charge in [-0.15, -0.1) is 0 Å². The fourth-order valence-corrected chi connectivity index (χ4v) is 3.37. The summed E-state index contributed by atoms with van der Waals surface area (Å²) in [4.78, 5) is 0. The summed E-state index contributed by atoms with van der Waals surface area (Å²) in [6.45, 7) is 2.10. The lowest BCUT2D eigenvalue weighted by Crippen LogP contribution is -1.98. The summed E-state index contributed by atoms with van der Waals surface area (Å²) in [5.41, 5.74) is 3.78. The number of fused-ring (bicyclic) bond motifs is 1. The van der Waals surface area contributed by atoms with Gasteiger partial charge in [-0.3, -0.25) is 0 Å². The molecule has 0 spiro atoms. The molecule has 0 saturated heterocycles. The van der Waals surface area contributed by atoms with E-state index in [-0.39, 0.29) is 5.75 Å². The molecule has 0 aliphatic rings. The van der Waals surface area contributed by atoms with Crippen LogP contribution in [0.5, 0.6) is 0 Å². The lowest BCUT2D eigenvalue weighted by Gasteiger charge is -2.02. The van der Waals surface area contributed by atoms with E-state index in [0.717, 1.165) is 12.8 Å². The minimum atomic E-state index is -3.36. The van der Waals surface area contributed by atoms with Gasteiger partial charge in [-0.2, -0.15) is 0 Å². The van der Waals surface area contributed by atoms with E-state index in [1.165, 1.54) is 22.2 Å². The summed E-state index contributed by atoms with van der Waals surface area (Å²) in [6, 6.07) is 8.30. The van der Waals surface area contributed by atoms with E-state index in [4.69, 9.17) is 10.7 Å². The van der Waals surface area contributed by atoms with Gasteiger partial charge in [0.2, 0.25) is 9.05 Å². The molecular formula is C14H18ClNO2S. The van der Waals surface area contributed by atoms with Gasteiger partial charge in [0.05, 0.1) is 5.75 Å². The molecule has 19 heavy (non-hydrogen) atoms. The van der Waals surface area contributed by atoms with Crippen LogP contribution < -0.4 is 0 Å². The summed E-state index contributed by atoms with van der Waals surface area (Å²) in [5.74, 6) is 0.0539. The van der Waals surface area contributed by atoms with Gasteiger partial charge in [-0.05, 0) is 37.8 Å². The van der Waals surface area contributed by atoms with Crippen molar-refractivity contribution in [1.29, 1.82) is 0 Å². The van der Waals surface area contributed by atoms with Gasteiger partial charge in [-0.25, -0.2) is 8.42 Å². The number of rotatable bonds is 5. The van der Waals surface area contributed by atoms with Crippen LogP contribution >= 0.6 is 10.7 Å². The molecule has 0 amide bonds. The zero-order valence-electron chi connectivity index (χ0n) is 11.2. The van der Waals surface area contributed by atoms with Crippen LogP contribution in [0.4, 0.5) is 0 Å². The van der Waals surface area contributed by atoms with Crippen molar-refractivity contribution in [3.05, 3.63) is 35.5 Å². The van der Waals surface area contributed by atoms with Gasteiger partial charge in [0.25, 0.3) is 0 Å². The van der Waals surface area contributed by atoms with E-state index in [2.05, 4.69) is 30.7 Å². The third kappa shape index (κ3) is 3.31. The Labute approximate surface area is 118 Å². The maximum atomic E-state index is 10.9. The summed E-state index contributed by atoms with van der Waals surface area (Å²) in [7, 11) is 3.91. The molecule has 0 atom stereocenters. The van der Waals surface area contributed by atoms with Crippen molar-refractivity contribution in [2.75, 3.05) is 5.75 Å². The molecule has 2 rings (SSSR count). The fourth-order valence-electron chi connectivity index (χ4n) is 2.49. The summed E-state index contributed by atoms with van der Waals surface area (Å²) < 4.78 is 24.0. The molecule has 0 fully saturated rings. The molecule has 0 radical (unpaired) electrons. The average Bonchev–Trinajstić information content (AvgIpc) is 2.58. The normalized spacial score (nSPS) is 12.2. The molecule has 0 unspecified atom stereocenters. The number of benzene rings is 1. The van der Waals surface area contributed by atoms with Crippen molar-refractivity contribution in [3.8, 4) is 0 Å². The Hall–Kier alpha value is -1.00. The monoisotopic (exact) mass is 299 g/mol. The van der Waals surface area contributed by atoms with Crippen LogP contribution in [-0.2, 0) is 22.5 Å². The van der Waals surface area contributed by atoms with Gasteiger partial charge < -0.3 is 4.57 Å². The Morgan fingerprint density at radius 2 is 1.89 bits per heavy atom. The molecular weight excluding hydrogens is 282 g/mol. The Bertz CT molecular complexity index is 689. The van der Waals surface area contributed by atoms with Gasteiger partial charge in [-0.1, -0.05) is 18.2 Å². The first-order valence-electron chi connectivity index (χ1n) is 6.35. The van der Waals surface area contributed by atoms with E-state index in [9.17, 15) is 8.42 Å². The zero-order chi connectivity index (χ0) is 14.0. The second kappa shape index (κ2) is 5.55. The van der Waals surface area contributed by atoms with Gasteiger partial charge in [0.1, 0.15) is 0 Å². The van der Waals surface area contributed by atoms with Crippen molar-refractivity contribution >= 4 is 30.6 Å². The van der Waals surface area contributed by atoms with Crippen molar-refractivity contribution < 1.29 is 8.42 Å². The van der Waals surface area contributed by atoms with Crippen molar-refractivity contribution in [3.63, 3.8) is 0 Å². The number of unbranched alkanes of at least 4 members (excludes halogenated alkanes) is 1. The first-order chi connectivity index (χ1) is 8.90. The highest BCUT2D eigenvalue weighted by Crippen LogP contribution is 2.26. The molecule has 0 aliphatic heterocycles. The lowest BCUT2D eigenvalue weighted by molar-refractivity contribution is 0.605. The van der Waals surface area contributed by atoms with Crippen molar-refractivity contribution in [2.24, 2.45) is 7.05 Å². The predicted octanol–water partition coefficient (Wildman–Crippen LogP) is 3.38. The largest absolute Gasteiger partial charge is 0.348 e. The molecule has 1 heterocycles. The number of nitrogens with zero attached hydrogens (tertiary/aromatic N) is 1. The molecule has 0 bridgehead atoms. The topological polar surface area (TPSA) is 39.1 Å². The number of aryl methyl sites for hydroxylation is 2. The molecule has 1 aromatic carbocycles. The van der Waals surface area contributed by atoms with Crippen molar-refractivity contribution in [1.82, 2.24) is 4.57 Å². The third-order valence-corrected chi connectivity index (χ3v) is 4.83. The molecule has 104 valence electrons. The van der Waals surface area contributed by atoms with E-state index < -0.39 is 9.05 Å². The molecule has 2 aromatic rings. The summed E-state index contributed by atoms with van der Waals surface area (Å²) in [6.07, 6.45) is 2.33. The number of aromatic nitrogens is 1. The lowest BCUT2D eigenvalue weighted by atomic mass is 10.1. The number of hydrogen-bond donors (Lipinski definition) is 0. The Morgan fingerprint density at radius 3 is 2.58 bits per heavy atom. The molecule has 5 heteroatoms. The minimum Gasteiger partial charge on any atom is -0.348 e. The number of halogens is 1. The van der Waals surface area contributed by atoms with Crippen LogP contribution in [0.25, 0.3) is 10.9 Å².